The lowest BCUT2D eigenvalue weighted by Gasteiger charge is -2.00. The summed E-state index contributed by atoms with van der Waals surface area (Å²) in [5, 5.41) is 18.4. The fraction of sp³-hybridized carbons (Fsp3) is 0. The summed E-state index contributed by atoms with van der Waals surface area (Å²) in [6.07, 6.45) is 2.55. The number of nitro groups is 1. The fourth-order valence-corrected chi connectivity index (χ4v) is 1.49. The molecule has 0 radical (unpaired) electrons. The summed E-state index contributed by atoms with van der Waals surface area (Å²) in [5.41, 5.74) is -0.181. The van der Waals surface area contributed by atoms with Crippen LogP contribution < -0.4 is 0 Å². The number of aromatic nitrogens is 4. The largest absolute Gasteiger partial charge is 0.289 e. The Balaban J connectivity index is 2.47. The van der Waals surface area contributed by atoms with Gasteiger partial charge in [0.05, 0.1) is 16.1 Å². The Bertz CT molecular complexity index is 557. The highest BCUT2D eigenvalue weighted by Gasteiger charge is 2.13. The quantitative estimate of drug-likeness (QED) is 0.625. The molecule has 0 saturated carbocycles. The zero-order valence-corrected chi connectivity index (χ0v) is 9.88. The predicted molar refractivity (Wildman–Crippen MR) is 58.5 cm³/mol. The van der Waals surface area contributed by atoms with Gasteiger partial charge in [-0.15, -0.1) is 9.90 Å². The maximum Gasteiger partial charge on any atom is 0.289 e. The summed E-state index contributed by atoms with van der Waals surface area (Å²) in [4.78, 5) is 14.9. The average molecular weight is 304 g/mol. The van der Waals surface area contributed by atoms with Crippen molar-refractivity contribution in [2.45, 2.75) is 0 Å². The van der Waals surface area contributed by atoms with E-state index < -0.39 is 4.92 Å². The van der Waals surface area contributed by atoms with E-state index in [1.807, 2.05) is 0 Å². The van der Waals surface area contributed by atoms with Crippen LogP contribution in [-0.4, -0.2) is 24.9 Å². The molecule has 2 rings (SSSR count). The molecule has 9 heteroatoms. The maximum atomic E-state index is 10.5. The monoisotopic (exact) mass is 303 g/mol. The second-order valence-electron chi connectivity index (χ2n) is 2.71. The molecule has 2 aromatic rings. The van der Waals surface area contributed by atoms with Gasteiger partial charge < -0.3 is 0 Å². The van der Waals surface area contributed by atoms with Crippen molar-refractivity contribution in [3.63, 3.8) is 0 Å². The molecule has 16 heavy (non-hydrogen) atoms. The van der Waals surface area contributed by atoms with Crippen molar-refractivity contribution in [3.8, 4) is 5.82 Å². The van der Waals surface area contributed by atoms with Crippen LogP contribution in [-0.2, 0) is 0 Å². The molecule has 0 aliphatic rings. The fourth-order valence-electron chi connectivity index (χ4n) is 1.01. The normalized spacial score (nSPS) is 10.4. The van der Waals surface area contributed by atoms with Crippen molar-refractivity contribution in [2.75, 3.05) is 0 Å². The molecule has 0 saturated heterocycles. The summed E-state index contributed by atoms with van der Waals surface area (Å²) in [6, 6.07) is 1.20. The lowest BCUT2D eigenvalue weighted by atomic mass is 10.4. The third-order valence-electron chi connectivity index (χ3n) is 1.67. The summed E-state index contributed by atoms with van der Waals surface area (Å²) in [7, 11) is 0. The second-order valence-corrected chi connectivity index (χ2v) is 3.93. The Hall–Kier alpha value is -1.54. The summed E-state index contributed by atoms with van der Waals surface area (Å²) in [6.45, 7) is 0. The molecule has 0 aliphatic heterocycles. The smallest absolute Gasteiger partial charge is 0.258 e. The maximum absolute atomic E-state index is 10.5. The van der Waals surface area contributed by atoms with E-state index in [0.29, 0.717) is 4.60 Å². The number of halogens is 2. The van der Waals surface area contributed by atoms with Crippen molar-refractivity contribution in [1.82, 2.24) is 20.0 Å². The molecule has 0 aromatic carbocycles. The molecule has 2 heterocycles. The van der Waals surface area contributed by atoms with E-state index in [2.05, 4.69) is 31.1 Å². The highest BCUT2D eigenvalue weighted by Crippen LogP contribution is 2.22. The van der Waals surface area contributed by atoms with Crippen molar-refractivity contribution in [1.29, 1.82) is 0 Å². The molecular formula is C7H3BrClN5O2. The van der Waals surface area contributed by atoms with Gasteiger partial charge in [0.25, 0.3) is 5.69 Å². The van der Waals surface area contributed by atoms with Crippen LogP contribution in [0.2, 0.25) is 5.02 Å². The summed E-state index contributed by atoms with van der Waals surface area (Å²) in [5.74, 6) is 0.234. The summed E-state index contributed by atoms with van der Waals surface area (Å²) < 4.78 is 0.517. The van der Waals surface area contributed by atoms with E-state index in [9.17, 15) is 10.1 Å². The van der Waals surface area contributed by atoms with Crippen LogP contribution in [0.25, 0.3) is 5.82 Å². The van der Waals surface area contributed by atoms with E-state index in [1.54, 1.807) is 0 Å². The van der Waals surface area contributed by atoms with Crippen LogP contribution in [0, 0.1) is 10.1 Å². The van der Waals surface area contributed by atoms with Crippen LogP contribution in [0.4, 0.5) is 5.69 Å². The van der Waals surface area contributed by atoms with Crippen molar-refractivity contribution in [2.24, 2.45) is 0 Å². The average Bonchev–Trinajstić information content (AvgIpc) is 2.64. The van der Waals surface area contributed by atoms with Gasteiger partial charge in [-0.1, -0.05) is 11.6 Å². The minimum atomic E-state index is -0.574. The molecule has 0 N–H and O–H groups in total. The first-order chi connectivity index (χ1) is 7.58. The van der Waals surface area contributed by atoms with Crippen molar-refractivity contribution < 1.29 is 4.92 Å². The number of pyridine rings is 1. The van der Waals surface area contributed by atoms with E-state index in [1.165, 1.54) is 17.1 Å². The number of rotatable bonds is 2. The van der Waals surface area contributed by atoms with Gasteiger partial charge in [-0.25, -0.2) is 4.98 Å². The Morgan fingerprint density at radius 3 is 2.75 bits per heavy atom. The molecule has 2 aromatic heterocycles. The molecule has 0 spiro atoms. The molecule has 82 valence electrons. The Kier molecular flexibility index (Phi) is 2.84. The highest BCUT2D eigenvalue weighted by atomic mass is 79.9. The zero-order valence-electron chi connectivity index (χ0n) is 7.54. The summed E-state index contributed by atoms with van der Waals surface area (Å²) >= 11 is 8.95. The molecule has 0 atom stereocenters. The molecule has 0 aliphatic carbocycles. The second kappa shape index (κ2) is 4.14. The van der Waals surface area contributed by atoms with E-state index in [0.717, 1.165) is 6.20 Å². The lowest BCUT2D eigenvalue weighted by molar-refractivity contribution is -0.385. The molecule has 0 fully saturated rings. The van der Waals surface area contributed by atoms with E-state index in [4.69, 9.17) is 11.6 Å². The third-order valence-corrected chi connectivity index (χ3v) is 2.31. The third kappa shape index (κ3) is 2.02. The highest BCUT2D eigenvalue weighted by molar-refractivity contribution is 9.10. The van der Waals surface area contributed by atoms with Gasteiger partial charge >= 0.3 is 0 Å². The van der Waals surface area contributed by atoms with Gasteiger partial charge in [-0.05, 0) is 15.9 Å². The Labute approximate surface area is 102 Å². The van der Waals surface area contributed by atoms with Crippen LogP contribution in [0.1, 0.15) is 0 Å². The van der Waals surface area contributed by atoms with Crippen LogP contribution in [0.3, 0.4) is 0 Å². The minimum absolute atomic E-state index is 0.109. The van der Waals surface area contributed by atoms with E-state index >= 15 is 0 Å². The lowest BCUT2D eigenvalue weighted by Crippen LogP contribution is -2.03. The topological polar surface area (TPSA) is 86.7 Å². The van der Waals surface area contributed by atoms with Crippen LogP contribution >= 0.6 is 27.5 Å². The molecule has 0 unspecified atom stereocenters. The van der Waals surface area contributed by atoms with Gasteiger partial charge in [0.15, 0.2) is 5.82 Å². The zero-order chi connectivity index (χ0) is 11.7. The first kappa shape index (κ1) is 11.0. The first-order valence-corrected chi connectivity index (χ1v) is 5.13. The predicted octanol–water partition coefficient (Wildman–Crippen LogP) is 1.99. The minimum Gasteiger partial charge on any atom is -0.258 e. The van der Waals surface area contributed by atoms with Crippen molar-refractivity contribution in [3.05, 3.63) is 38.2 Å². The van der Waals surface area contributed by atoms with Gasteiger partial charge in [-0.2, -0.15) is 5.10 Å². The molecular weight excluding hydrogens is 301 g/mol. The van der Waals surface area contributed by atoms with Gasteiger partial charge in [0.2, 0.25) is 0 Å². The van der Waals surface area contributed by atoms with Crippen molar-refractivity contribution >= 4 is 33.2 Å². The SMILES string of the molecule is O=[N+]([O-])c1cnc(-n2ncc(Br)n2)c(Cl)c1. The molecule has 0 bridgehead atoms. The number of nitrogens with zero attached hydrogens (tertiary/aromatic N) is 5. The Morgan fingerprint density at radius 2 is 2.25 bits per heavy atom. The standard InChI is InChI=1S/C7H3BrClN5O2/c8-6-3-11-13(12-6)7-5(9)1-4(2-10-7)14(15)16/h1-3H. The van der Waals surface area contributed by atoms with Gasteiger partial charge in [0, 0.05) is 6.07 Å². The number of hydrogen-bond donors (Lipinski definition) is 0. The molecule has 7 nitrogen and oxygen atoms in total. The van der Waals surface area contributed by atoms with Gasteiger partial charge in [0.1, 0.15) is 10.8 Å². The van der Waals surface area contributed by atoms with Gasteiger partial charge in [-0.3, -0.25) is 10.1 Å². The van der Waals surface area contributed by atoms with E-state index in [-0.39, 0.29) is 16.5 Å². The van der Waals surface area contributed by atoms with Crippen LogP contribution in [0.5, 0.6) is 0 Å². The molecule has 0 amide bonds. The Morgan fingerprint density at radius 1 is 1.50 bits per heavy atom. The number of hydrogen-bond acceptors (Lipinski definition) is 5. The van der Waals surface area contributed by atoms with Crippen LogP contribution in [0.15, 0.2) is 23.1 Å². The first-order valence-electron chi connectivity index (χ1n) is 3.96.